The number of phenolic OH excluding ortho intramolecular Hbond substituents is 4. The Morgan fingerprint density at radius 2 is 1.42 bits per heavy atom. The molecule has 2 aliphatic heterocycles. The van der Waals surface area contributed by atoms with Crippen LogP contribution >= 0.6 is 0 Å². The lowest BCUT2D eigenvalue weighted by Crippen LogP contribution is -2.62. The molecule has 3 aromatic carbocycles. The quantitative estimate of drug-likeness (QED) is 0.0838. The standard InChI is InChI=1S/C36H36O17/c1-15-26(42)28(44)30(46)35(49-15)48-14-23-33(52-24(41)11-4-16-2-7-18(37)8-3-16)29(45)31(47)36(51-23)53-34-27(43)25-21(40)12-20(39)13-22(25)50-32(34)17-5-9-19(38)10-6-17/h2-13,15,23,26,28-31,33,35-40,42,44-47H,14H2,1H3/b11-4-/t15-,23+,26-,28+,29+,30+,31+,33-,35-,36-/m0/s1. The van der Waals surface area contributed by atoms with Gasteiger partial charge in [-0.05, 0) is 55.0 Å². The van der Waals surface area contributed by atoms with E-state index in [0.717, 1.165) is 18.2 Å². The SMILES string of the molecule is C[C@@H]1O[C@H](OC[C@H]2O[C@@H](Oc3c(-c4ccc(O)cc4)oc4cc(O)cc(O)c4c3=O)[C@H](O)[C@@H](O)[C@H]2OC(=O)/C=C\c2ccc(O)cc2)[C@H](O)[C@H](O)[C@H]1O. The molecule has 1 aromatic heterocycles. The van der Waals surface area contributed by atoms with Gasteiger partial charge < -0.3 is 74.1 Å². The van der Waals surface area contributed by atoms with E-state index in [1.165, 1.54) is 61.5 Å². The van der Waals surface area contributed by atoms with Crippen molar-refractivity contribution in [3.8, 4) is 40.1 Å². The maximum Gasteiger partial charge on any atom is 0.331 e. The van der Waals surface area contributed by atoms with Gasteiger partial charge in [-0.1, -0.05) is 12.1 Å². The first kappa shape index (κ1) is 37.5. The first-order valence-electron chi connectivity index (χ1n) is 16.2. The summed E-state index contributed by atoms with van der Waals surface area (Å²) in [5.74, 6) is -3.17. The van der Waals surface area contributed by atoms with Crippen LogP contribution in [0, 0.1) is 0 Å². The molecule has 2 saturated heterocycles. The summed E-state index contributed by atoms with van der Waals surface area (Å²) >= 11 is 0. The average molecular weight is 741 g/mol. The summed E-state index contributed by atoms with van der Waals surface area (Å²) in [6.07, 6.45) is -14.2. The zero-order chi connectivity index (χ0) is 38.1. The summed E-state index contributed by atoms with van der Waals surface area (Å²) in [7, 11) is 0. The fourth-order valence-electron chi connectivity index (χ4n) is 5.84. The molecule has 0 spiro atoms. The zero-order valence-electron chi connectivity index (χ0n) is 27.7. The minimum Gasteiger partial charge on any atom is -0.508 e. The Bertz CT molecular complexity index is 2010. The van der Waals surface area contributed by atoms with Crippen molar-refractivity contribution in [3.05, 3.63) is 82.5 Å². The number of carbonyl (C=O) groups is 1. The van der Waals surface area contributed by atoms with Crippen molar-refractivity contribution in [3.63, 3.8) is 0 Å². The summed E-state index contributed by atoms with van der Waals surface area (Å²) < 4.78 is 34.3. The van der Waals surface area contributed by atoms with E-state index < -0.39 is 102 Å². The molecule has 6 rings (SSSR count). The number of rotatable bonds is 9. The molecule has 17 heteroatoms. The lowest BCUT2D eigenvalue weighted by Gasteiger charge is -2.43. The fraction of sp³-hybridized carbons (Fsp3) is 0.333. The van der Waals surface area contributed by atoms with Crippen LogP contribution in [0.2, 0.25) is 0 Å². The van der Waals surface area contributed by atoms with Crippen LogP contribution in [-0.4, -0.2) is 120 Å². The van der Waals surface area contributed by atoms with Crippen LogP contribution in [-0.2, 0) is 23.7 Å². The smallest absolute Gasteiger partial charge is 0.331 e. The van der Waals surface area contributed by atoms with E-state index in [4.69, 9.17) is 28.1 Å². The Hall–Kier alpha value is -5.24. The fourth-order valence-corrected chi connectivity index (χ4v) is 5.84. The molecule has 4 aromatic rings. The molecule has 0 amide bonds. The number of aliphatic hydroxyl groups excluding tert-OH is 5. The molecule has 2 fully saturated rings. The molecule has 0 saturated carbocycles. The summed E-state index contributed by atoms with van der Waals surface area (Å²) in [6.45, 7) is 0.764. The van der Waals surface area contributed by atoms with Crippen LogP contribution in [0.4, 0.5) is 0 Å². The van der Waals surface area contributed by atoms with E-state index in [1.54, 1.807) is 0 Å². The highest BCUT2D eigenvalue weighted by Crippen LogP contribution is 2.38. The van der Waals surface area contributed by atoms with Crippen LogP contribution in [0.15, 0.2) is 76.0 Å². The van der Waals surface area contributed by atoms with Crippen LogP contribution in [0.5, 0.6) is 28.7 Å². The molecule has 0 bridgehead atoms. The second-order valence-corrected chi connectivity index (χ2v) is 12.5. The number of hydrogen-bond acceptors (Lipinski definition) is 17. The first-order chi connectivity index (χ1) is 25.2. The first-order valence-corrected chi connectivity index (χ1v) is 16.2. The molecule has 53 heavy (non-hydrogen) atoms. The van der Waals surface area contributed by atoms with Crippen LogP contribution in [0.3, 0.4) is 0 Å². The lowest BCUT2D eigenvalue weighted by atomic mass is 9.98. The normalized spacial score (nSPS) is 28.9. The molecule has 282 valence electrons. The van der Waals surface area contributed by atoms with E-state index in [2.05, 4.69) is 0 Å². The summed E-state index contributed by atoms with van der Waals surface area (Å²) in [5, 5.41) is 92.9. The van der Waals surface area contributed by atoms with Crippen molar-refractivity contribution in [2.75, 3.05) is 6.61 Å². The van der Waals surface area contributed by atoms with Crippen molar-refractivity contribution in [2.45, 2.75) is 68.3 Å². The number of phenols is 4. The molecule has 2 aliphatic rings. The third-order valence-corrected chi connectivity index (χ3v) is 8.71. The highest BCUT2D eigenvalue weighted by molar-refractivity contribution is 5.88. The van der Waals surface area contributed by atoms with E-state index >= 15 is 0 Å². The van der Waals surface area contributed by atoms with Crippen molar-refractivity contribution in [1.29, 1.82) is 0 Å². The van der Waals surface area contributed by atoms with E-state index in [-0.39, 0.29) is 28.4 Å². The van der Waals surface area contributed by atoms with Crippen molar-refractivity contribution in [1.82, 2.24) is 0 Å². The lowest BCUT2D eigenvalue weighted by molar-refractivity contribution is -0.319. The van der Waals surface area contributed by atoms with Crippen molar-refractivity contribution < 1.29 is 78.9 Å². The number of esters is 1. The van der Waals surface area contributed by atoms with E-state index in [1.807, 2.05) is 0 Å². The van der Waals surface area contributed by atoms with Crippen LogP contribution in [0.1, 0.15) is 12.5 Å². The van der Waals surface area contributed by atoms with Crippen LogP contribution in [0.25, 0.3) is 28.4 Å². The van der Waals surface area contributed by atoms with Gasteiger partial charge in [0.1, 0.15) is 70.6 Å². The van der Waals surface area contributed by atoms with Crippen molar-refractivity contribution in [2.24, 2.45) is 0 Å². The Morgan fingerprint density at radius 1 is 0.774 bits per heavy atom. The van der Waals surface area contributed by atoms with Gasteiger partial charge in [-0.2, -0.15) is 0 Å². The minimum atomic E-state index is -2.03. The summed E-state index contributed by atoms with van der Waals surface area (Å²) in [5.41, 5.74) is -0.569. The number of carbonyl (C=O) groups excluding carboxylic acids is 1. The predicted molar refractivity (Wildman–Crippen MR) is 180 cm³/mol. The molecule has 3 heterocycles. The van der Waals surface area contributed by atoms with Crippen molar-refractivity contribution >= 4 is 23.0 Å². The van der Waals surface area contributed by atoms with E-state index in [9.17, 15) is 55.5 Å². The van der Waals surface area contributed by atoms with Gasteiger partial charge in [-0.3, -0.25) is 4.79 Å². The van der Waals surface area contributed by atoms with Gasteiger partial charge in [0.15, 0.2) is 18.2 Å². The topological polar surface area (TPSA) is 275 Å². The number of fused-ring (bicyclic) bond motifs is 1. The second kappa shape index (κ2) is 15.4. The number of aromatic hydroxyl groups is 4. The molecule has 17 nitrogen and oxygen atoms in total. The molecule has 0 radical (unpaired) electrons. The number of benzene rings is 3. The van der Waals surface area contributed by atoms with Gasteiger partial charge in [0.05, 0.1) is 12.7 Å². The van der Waals surface area contributed by atoms with Gasteiger partial charge in [0.25, 0.3) is 0 Å². The zero-order valence-corrected chi connectivity index (χ0v) is 27.7. The molecule has 10 atom stereocenters. The van der Waals surface area contributed by atoms with Crippen LogP contribution < -0.4 is 10.2 Å². The average Bonchev–Trinajstić information content (AvgIpc) is 3.12. The van der Waals surface area contributed by atoms with Gasteiger partial charge in [-0.15, -0.1) is 0 Å². The molecule has 0 unspecified atom stereocenters. The molecule has 0 aliphatic carbocycles. The van der Waals surface area contributed by atoms with E-state index in [0.29, 0.717) is 5.56 Å². The summed E-state index contributed by atoms with van der Waals surface area (Å²) in [4.78, 5) is 26.8. The number of ether oxygens (including phenoxy) is 5. The maximum absolute atomic E-state index is 13.9. The highest BCUT2D eigenvalue weighted by atomic mass is 16.7. The maximum atomic E-state index is 13.9. The highest BCUT2D eigenvalue weighted by Gasteiger charge is 2.50. The Balaban J connectivity index is 1.33. The van der Waals surface area contributed by atoms with Gasteiger partial charge in [-0.25, -0.2) is 4.79 Å². The second-order valence-electron chi connectivity index (χ2n) is 12.5. The number of hydrogen-bond donors (Lipinski definition) is 9. The largest absolute Gasteiger partial charge is 0.508 e. The Morgan fingerprint density at radius 3 is 2.09 bits per heavy atom. The molecular formula is C36H36O17. The van der Waals surface area contributed by atoms with Gasteiger partial charge in [0.2, 0.25) is 17.5 Å². The van der Waals surface area contributed by atoms with Gasteiger partial charge in [0, 0.05) is 23.8 Å². The third-order valence-electron chi connectivity index (χ3n) is 8.71. The molecular weight excluding hydrogens is 704 g/mol. The van der Waals surface area contributed by atoms with Gasteiger partial charge >= 0.3 is 5.97 Å². The minimum absolute atomic E-state index is 0.00274. The Labute approximate surface area is 299 Å². The number of aliphatic hydroxyl groups is 5. The Kier molecular flexibility index (Phi) is 10.9. The molecule has 9 N–H and O–H groups in total. The monoisotopic (exact) mass is 740 g/mol. The third kappa shape index (κ3) is 7.92. The summed E-state index contributed by atoms with van der Waals surface area (Å²) in [6, 6.07) is 13.0. The predicted octanol–water partition coefficient (Wildman–Crippen LogP) is 0.577.